The van der Waals surface area contributed by atoms with Crippen LogP contribution in [0.15, 0.2) is 0 Å². The second kappa shape index (κ2) is 3.96. The number of rotatable bonds is 1. The van der Waals surface area contributed by atoms with Crippen molar-refractivity contribution in [2.75, 3.05) is 6.61 Å². The molecule has 0 amide bonds. The van der Waals surface area contributed by atoms with E-state index in [-0.39, 0.29) is 6.61 Å². The van der Waals surface area contributed by atoms with Gasteiger partial charge in [0, 0.05) is 0 Å². The molecule has 4 nitrogen and oxygen atoms in total. The second-order valence-electron chi connectivity index (χ2n) is 0.861. The van der Waals surface area contributed by atoms with Crippen LogP contribution in [-0.2, 0) is 9.57 Å². The predicted molar refractivity (Wildman–Crippen MR) is 25.5 cm³/mol. The van der Waals surface area contributed by atoms with Crippen molar-refractivity contribution >= 4 is 6.16 Å². The number of nitrogens with two attached hydrogens (primary N) is 1. The average Bonchev–Trinajstić information content (AvgIpc) is 1.83. The SMILES string of the molecule is C#CCOC(=O)ON. The van der Waals surface area contributed by atoms with Crippen molar-refractivity contribution in [2.24, 2.45) is 5.90 Å². The monoisotopic (exact) mass is 115 g/mol. The van der Waals surface area contributed by atoms with Gasteiger partial charge >= 0.3 is 6.16 Å². The summed E-state index contributed by atoms with van der Waals surface area (Å²) in [7, 11) is 0. The Morgan fingerprint density at radius 1 is 1.88 bits per heavy atom. The van der Waals surface area contributed by atoms with Gasteiger partial charge in [-0.15, -0.1) is 6.42 Å². The third-order valence-electron chi connectivity index (χ3n) is 0.370. The van der Waals surface area contributed by atoms with Crippen LogP contribution in [0.5, 0.6) is 0 Å². The molecule has 0 unspecified atom stereocenters. The minimum atomic E-state index is -0.969. The van der Waals surface area contributed by atoms with Gasteiger partial charge in [0.25, 0.3) is 0 Å². The molecule has 0 spiro atoms. The molecule has 2 N–H and O–H groups in total. The number of terminal acetylenes is 1. The van der Waals surface area contributed by atoms with Crippen LogP contribution in [0, 0.1) is 12.3 Å². The molecule has 0 heterocycles. The van der Waals surface area contributed by atoms with E-state index < -0.39 is 6.16 Å². The highest BCUT2D eigenvalue weighted by atomic mass is 16.8. The lowest BCUT2D eigenvalue weighted by Crippen LogP contribution is -2.11. The molecule has 44 valence electrons. The summed E-state index contributed by atoms with van der Waals surface area (Å²) in [4.78, 5) is 13.5. The van der Waals surface area contributed by atoms with Crippen LogP contribution in [0.25, 0.3) is 0 Å². The zero-order chi connectivity index (χ0) is 6.41. The van der Waals surface area contributed by atoms with Crippen molar-refractivity contribution in [1.82, 2.24) is 0 Å². The first-order valence-electron chi connectivity index (χ1n) is 1.78. The lowest BCUT2D eigenvalue weighted by atomic mass is 10.8. The van der Waals surface area contributed by atoms with Gasteiger partial charge in [-0.25, -0.2) is 4.79 Å². The maximum atomic E-state index is 9.91. The first kappa shape index (κ1) is 6.79. The molecular weight excluding hydrogens is 110 g/mol. The van der Waals surface area contributed by atoms with E-state index in [4.69, 9.17) is 6.42 Å². The summed E-state index contributed by atoms with van der Waals surface area (Å²) in [5, 5.41) is 0. The molecule has 0 fully saturated rings. The third kappa shape index (κ3) is 3.00. The summed E-state index contributed by atoms with van der Waals surface area (Å²) in [6, 6.07) is 0. The molecule has 0 atom stereocenters. The van der Waals surface area contributed by atoms with Gasteiger partial charge in [-0.2, -0.15) is 5.90 Å². The molecule has 0 radical (unpaired) electrons. The first-order valence-corrected chi connectivity index (χ1v) is 1.78. The summed E-state index contributed by atoms with van der Waals surface area (Å²) >= 11 is 0. The first-order chi connectivity index (χ1) is 3.81. The van der Waals surface area contributed by atoms with E-state index in [9.17, 15) is 4.79 Å². The Morgan fingerprint density at radius 2 is 2.50 bits per heavy atom. The van der Waals surface area contributed by atoms with Gasteiger partial charge in [-0.1, -0.05) is 5.92 Å². The van der Waals surface area contributed by atoms with Gasteiger partial charge in [-0.05, 0) is 0 Å². The number of hydrogen-bond acceptors (Lipinski definition) is 4. The van der Waals surface area contributed by atoms with Gasteiger partial charge in [0.05, 0.1) is 0 Å². The van der Waals surface area contributed by atoms with Crippen LogP contribution < -0.4 is 5.90 Å². The molecule has 4 heteroatoms. The van der Waals surface area contributed by atoms with Crippen LogP contribution in [0.1, 0.15) is 0 Å². The molecule has 0 aliphatic carbocycles. The third-order valence-corrected chi connectivity index (χ3v) is 0.370. The van der Waals surface area contributed by atoms with Gasteiger partial charge in [0.15, 0.2) is 6.61 Å². The molecule has 0 aromatic carbocycles. The second-order valence-corrected chi connectivity index (χ2v) is 0.861. The van der Waals surface area contributed by atoms with Gasteiger partial charge in [0.2, 0.25) is 0 Å². The highest BCUT2D eigenvalue weighted by Crippen LogP contribution is 1.75. The lowest BCUT2D eigenvalue weighted by Gasteiger charge is -1.93. The Kier molecular flexibility index (Phi) is 3.36. The average molecular weight is 115 g/mol. The van der Waals surface area contributed by atoms with Gasteiger partial charge < -0.3 is 9.57 Å². The molecule has 8 heavy (non-hydrogen) atoms. The van der Waals surface area contributed by atoms with Crippen molar-refractivity contribution < 1.29 is 14.4 Å². The normalized spacial score (nSPS) is 7.00. The fourth-order valence-corrected chi connectivity index (χ4v) is 0.135. The highest BCUT2D eigenvalue weighted by Gasteiger charge is 1.95. The molecule has 0 rings (SSSR count). The van der Waals surface area contributed by atoms with Crippen LogP contribution >= 0.6 is 0 Å². The minimum absolute atomic E-state index is 0.115. The van der Waals surface area contributed by atoms with Crippen molar-refractivity contribution in [3.63, 3.8) is 0 Å². The maximum Gasteiger partial charge on any atom is 0.528 e. The summed E-state index contributed by atoms with van der Waals surface area (Å²) in [6.45, 7) is -0.115. The van der Waals surface area contributed by atoms with Crippen molar-refractivity contribution in [1.29, 1.82) is 0 Å². The largest absolute Gasteiger partial charge is 0.528 e. The Bertz CT molecular complexity index is 115. The summed E-state index contributed by atoms with van der Waals surface area (Å²) < 4.78 is 4.12. The maximum absolute atomic E-state index is 9.91. The highest BCUT2D eigenvalue weighted by molar-refractivity contribution is 5.59. The quantitative estimate of drug-likeness (QED) is 0.288. The Morgan fingerprint density at radius 3 is 2.88 bits per heavy atom. The topological polar surface area (TPSA) is 61.5 Å². The molecule has 0 aliphatic rings. The Hall–Kier alpha value is -1.21. The number of carbonyl (C=O) groups excluding carboxylic acids is 1. The van der Waals surface area contributed by atoms with Crippen molar-refractivity contribution in [3.05, 3.63) is 0 Å². The summed E-state index contributed by atoms with van der Waals surface area (Å²) in [5.74, 6) is 6.42. The van der Waals surface area contributed by atoms with Gasteiger partial charge in [0.1, 0.15) is 0 Å². The molecule has 0 saturated carbocycles. The number of hydrogen-bond donors (Lipinski definition) is 1. The van der Waals surface area contributed by atoms with E-state index in [1.165, 1.54) is 0 Å². The lowest BCUT2D eigenvalue weighted by molar-refractivity contribution is 0.0646. The minimum Gasteiger partial charge on any atom is -0.420 e. The molecule has 0 aromatic rings. The Labute approximate surface area is 46.5 Å². The zero-order valence-corrected chi connectivity index (χ0v) is 4.09. The molecular formula is C4H5NO3. The molecule has 0 aromatic heterocycles. The molecule has 0 aliphatic heterocycles. The fourth-order valence-electron chi connectivity index (χ4n) is 0.135. The molecule has 0 saturated heterocycles. The number of ether oxygens (including phenoxy) is 1. The van der Waals surface area contributed by atoms with E-state index in [0.29, 0.717) is 0 Å². The van der Waals surface area contributed by atoms with Crippen molar-refractivity contribution in [2.45, 2.75) is 0 Å². The smallest absolute Gasteiger partial charge is 0.420 e. The van der Waals surface area contributed by atoms with E-state index >= 15 is 0 Å². The van der Waals surface area contributed by atoms with E-state index in [1.54, 1.807) is 0 Å². The van der Waals surface area contributed by atoms with Crippen LogP contribution in [-0.4, -0.2) is 12.8 Å². The summed E-state index contributed by atoms with van der Waals surface area (Å²) in [6.07, 6.45) is 3.74. The van der Waals surface area contributed by atoms with Gasteiger partial charge in [-0.3, -0.25) is 0 Å². The fraction of sp³-hybridized carbons (Fsp3) is 0.250. The van der Waals surface area contributed by atoms with E-state index in [2.05, 4.69) is 21.4 Å². The van der Waals surface area contributed by atoms with E-state index in [1.807, 2.05) is 0 Å². The van der Waals surface area contributed by atoms with Crippen LogP contribution in [0.4, 0.5) is 4.79 Å². The standard InChI is InChI=1S/C4H5NO3/c1-2-3-7-4(6)8-5/h1H,3,5H2. The summed E-state index contributed by atoms with van der Waals surface area (Å²) in [5.41, 5.74) is 0. The Balaban J connectivity index is 3.15. The molecule has 0 bridgehead atoms. The van der Waals surface area contributed by atoms with Crippen molar-refractivity contribution in [3.8, 4) is 12.3 Å². The number of carbonyl (C=O) groups is 1. The van der Waals surface area contributed by atoms with Crippen LogP contribution in [0.2, 0.25) is 0 Å². The van der Waals surface area contributed by atoms with Crippen LogP contribution in [0.3, 0.4) is 0 Å². The predicted octanol–water partition coefficient (Wildman–Crippen LogP) is -0.353. The zero-order valence-electron chi connectivity index (χ0n) is 4.09. The van der Waals surface area contributed by atoms with E-state index in [0.717, 1.165) is 0 Å².